The second kappa shape index (κ2) is 3.61. The van der Waals surface area contributed by atoms with Crippen LogP contribution in [0.15, 0.2) is 6.33 Å². The Morgan fingerprint density at radius 3 is 3.29 bits per heavy atom. The third kappa shape index (κ3) is 1.62. The summed E-state index contributed by atoms with van der Waals surface area (Å²) in [4.78, 5) is 14.6. The van der Waals surface area contributed by atoms with E-state index in [-0.39, 0.29) is 12.5 Å². The molecule has 0 radical (unpaired) electrons. The van der Waals surface area contributed by atoms with Gasteiger partial charge >= 0.3 is 5.97 Å². The van der Waals surface area contributed by atoms with Crippen LogP contribution < -0.4 is 0 Å². The lowest BCUT2D eigenvalue weighted by atomic mass is 10.0. The van der Waals surface area contributed by atoms with E-state index in [1.165, 1.54) is 0 Å². The average molecular weight is 215 g/mol. The largest absolute Gasteiger partial charge is 0.481 e. The summed E-state index contributed by atoms with van der Waals surface area (Å²) in [5.41, 5.74) is 0.976. The molecular formula is C9H11ClN2O2. The van der Waals surface area contributed by atoms with Crippen LogP contribution in [-0.2, 0) is 11.2 Å². The molecule has 0 fully saturated rings. The molecule has 1 unspecified atom stereocenters. The van der Waals surface area contributed by atoms with Crippen molar-refractivity contribution in [1.82, 2.24) is 9.55 Å². The summed E-state index contributed by atoms with van der Waals surface area (Å²) < 4.78 is 1.90. The van der Waals surface area contributed by atoms with Gasteiger partial charge in [-0.2, -0.15) is 0 Å². The molecule has 14 heavy (non-hydrogen) atoms. The first kappa shape index (κ1) is 9.52. The van der Waals surface area contributed by atoms with Crippen molar-refractivity contribution in [2.24, 2.45) is 0 Å². The highest BCUT2D eigenvalue weighted by Crippen LogP contribution is 2.30. The van der Waals surface area contributed by atoms with Crippen LogP contribution in [0.4, 0.5) is 0 Å². The number of carboxylic acids is 1. The Balaban J connectivity index is 2.27. The third-order valence-corrected chi connectivity index (χ3v) is 2.92. The fraction of sp³-hybridized carbons (Fsp3) is 0.556. The first-order valence-electron chi connectivity index (χ1n) is 4.61. The van der Waals surface area contributed by atoms with E-state index in [0.29, 0.717) is 5.15 Å². The molecule has 4 nitrogen and oxygen atoms in total. The lowest BCUT2D eigenvalue weighted by Crippen LogP contribution is -2.19. The minimum Gasteiger partial charge on any atom is -0.481 e. The van der Waals surface area contributed by atoms with Crippen LogP contribution in [0, 0.1) is 0 Å². The highest BCUT2D eigenvalue weighted by Gasteiger charge is 2.23. The number of fused-ring (bicyclic) bond motifs is 1. The van der Waals surface area contributed by atoms with Gasteiger partial charge in [0, 0.05) is 6.04 Å². The molecule has 0 saturated carbocycles. The number of hydrogen-bond acceptors (Lipinski definition) is 2. The minimum absolute atomic E-state index is 0.0243. The summed E-state index contributed by atoms with van der Waals surface area (Å²) >= 11 is 5.88. The number of rotatable bonds is 2. The summed E-state index contributed by atoms with van der Waals surface area (Å²) in [6.45, 7) is 0. The maximum atomic E-state index is 10.6. The smallest absolute Gasteiger partial charge is 0.305 e. The van der Waals surface area contributed by atoms with E-state index in [0.717, 1.165) is 25.0 Å². The predicted octanol–water partition coefficient (Wildman–Crippen LogP) is 1.89. The number of hydrogen-bond donors (Lipinski definition) is 1. The van der Waals surface area contributed by atoms with Crippen molar-refractivity contribution >= 4 is 17.6 Å². The Morgan fingerprint density at radius 2 is 2.57 bits per heavy atom. The van der Waals surface area contributed by atoms with Gasteiger partial charge in [0.05, 0.1) is 18.4 Å². The maximum absolute atomic E-state index is 10.6. The molecule has 5 heteroatoms. The normalized spacial score (nSPS) is 20.5. The predicted molar refractivity (Wildman–Crippen MR) is 51.5 cm³/mol. The molecule has 1 aromatic heterocycles. The summed E-state index contributed by atoms with van der Waals surface area (Å²) in [6.07, 6.45) is 4.58. The number of carboxylic acid groups (broad SMARTS) is 1. The molecule has 0 bridgehead atoms. The summed E-state index contributed by atoms with van der Waals surface area (Å²) in [5, 5.41) is 9.25. The van der Waals surface area contributed by atoms with Crippen LogP contribution in [0.2, 0.25) is 5.15 Å². The lowest BCUT2D eigenvalue weighted by Gasteiger charge is -2.24. The maximum Gasteiger partial charge on any atom is 0.305 e. The number of aliphatic carboxylic acids is 1. The van der Waals surface area contributed by atoms with E-state index in [4.69, 9.17) is 16.7 Å². The van der Waals surface area contributed by atoms with Crippen molar-refractivity contribution in [1.29, 1.82) is 0 Å². The van der Waals surface area contributed by atoms with E-state index < -0.39 is 5.97 Å². The van der Waals surface area contributed by atoms with Gasteiger partial charge in [0.25, 0.3) is 0 Å². The van der Waals surface area contributed by atoms with Gasteiger partial charge in [-0.1, -0.05) is 11.6 Å². The molecule has 1 aromatic rings. The molecule has 0 aromatic carbocycles. The van der Waals surface area contributed by atoms with Crippen LogP contribution >= 0.6 is 11.6 Å². The van der Waals surface area contributed by atoms with Crippen LogP contribution in [0.3, 0.4) is 0 Å². The van der Waals surface area contributed by atoms with Crippen molar-refractivity contribution in [3.05, 3.63) is 17.2 Å². The van der Waals surface area contributed by atoms with Gasteiger partial charge in [0.2, 0.25) is 0 Å². The van der Waals surface area contributed by atoms with Crippen LogP contribution in [-0.4, -0.2) is 20.6 Å². The number of nitrogens with zero attached hydrogens (tertiary/aromatic N) is 2. The van der Waals surface area contributed by atoms with Crippen molar-refractivity contribution in [3.63, 3.8) is 0 Å². The zero-order chi connectivity index (χ0) is 10.1. The molecule has 0 saturated heterocycles. The molecule has 76 valence electrons. The first-order chi connectivity index (χ1) is 6.68. The van der Waals surface area contributed by atoms with Crippen molar-refractivity contribution in [3.8, 4) is 0 Å². The Hall–Kier alpha value is -1.03. The Labute approximate surface area is 86.5 Å². The van der Waals surface area contributed by atoms with E-state index >= 15 is 0 Å². The summed E-state index contributed by atoms with van der Waals surface area (Å²) in [7, 11) is 0. The van der Waals surface area contributed by atoms with E-state index in [1.54, 1.807) is 6.33 Å². The van der Waals surface area contributed by atoms with Gasteiger partial charge in [-0.15, -0.1) is 0 Å². The molecule has 0 aliphatic carbocycles. The summed E-state index contributed by atoms with van der Waals surface area (Å²) in [6, 6.07) is 0.0243. The SMILES string of the molecule is O=C(O)CC1CCCc2c(Cl)ncn21. The Bertz CT molecular complexity index is 362. The van der Waals surface area contributed by atoms with Gasteiger partial charge in [-0.05, 0) is 19.3 Å². The first-order valence-corrected chi connectivity index (χ1v) is 4.99. The van der Waals surface area contributed by atoms with E-state index in [1.807, 2.05) is 4.57 Å². The molecule has 1 aliphatic heterocycles. The molecule has 2 rings (SSSR count). The lowest BCUT2D eigenvalue weighted by molar-refractivity contribution is -0.138. The monoisotopic (exact) mass is 214 g/mol. The molecule has 1 N–H and O–H groups in total. The number of halogens is 1. The zero-order valence-electron chi connectivity index (χ0n) is 7.61. The van der Waals surface area contributed by atoms with Gasteiger partial charge in [-0.25, -0.2) is 4.98 Å². The van der Waals surface area contributed by atoms with Crippen LogP contribution in [0.25, 0.3) is 0 Å². The standard InChI is InChI=1S/C9H11ClN2O2/c10-9-7-3-1-2-6(4-8(13)14)12(7)5-11-9/h5-6H,1-4H2,(H,13,14). The quantitative estimate of drug-likeness (QED) is 0.818. The fourth-order valence-electron chi connectivity index (χ4n) is 1.96. The molecule has 1 aliphatic rings. The number of carbonyl (C=O) groups is 1. The van der Waals surface area contributed by atoms with E-state index in [9.17, 15) is 4.79 Å². The van der Waals surface area contributed by atoms with Crippen molar-refractivity contribution < 1.29 is 9.90 Å². The fourth-order valence-corrected chi connectivity index (χ4v) is 2.19. The van der Waals surface area contributed by atoms with Crippen molar-refractivity contribution in [2.75, 3.05) is 0 Å². The van der Waals surface area contributed by atoms with Gasteiger partial charge < -0.3 is 9.67 Å². The highest BCUT2D eigenvalue weighted by molar-refractivity contribution is 6.30. The Morgan fingerprint density at radius 1 is 1.79 bits per heavy atom. The topological polar surface area (TPSA) is 55.1 Å². The Kier molecular flexibility index (Phi) is 2.46. The second-order valence-electron chi connectivity index (χ2n) is 3.53. The van der Waals surface area contributed by atoms with Gasteiger partial charge in [0.1, 0.15) is 5.15 Å². The van der Waals surface area contributed by atoms with Gasteiger partial charge in [0.15, 0.2) is 0 Å². The summed E-state index contributed by atoms with van der Waals surface area (Å²) in [5.74, 6) is -0.771. The number of aromatic nitrogens is 2. The van der Waals surface area contributed by atoms with E-state index in [2.05, 4.69) is 4.98 Å². The minimum atomic E-state index is -0.771. The molecule has 0 amide bonds. The van der Waals surface area contributed by atoms with Crippen molar-refractivity contribution in [2.45, 2.75) is 31.7 Å². The highest BCUT2D eigenvalue weighted by atomic mass is 35.5. The second-order valence-corrected chi connectivity index (χ2v) is 3.89. The molecular weight excluding hydrogens is 204 g/mol. The molecule has 0 spiro atoms. The van der Waals surface area contributed by atoms with Crippen LogP contribution in [0.5, 0.6) is 0 Å². The van der Waals surface area contributed by atoms with Gasteiger partial charge in [-0.3, -0.25) is 4.79 Å². The average Bonchev–Trinajstić information content (AvgIpc) is 2.49. The van der Waals surface area contributed by atoms with Crippen LogP contribution in [0.1, 0.15) is 31.0 Å². The molecule has 1 atom stereocenters. The third-order valence-electron chi connectivity index (χ3n) is 2.60. The number of imidazole rings is 1. The molecule has 2 heterocycles. The zero-order valence-corrected chi connectivity index (χ0v) is 8.37.